The van der Waals surface area contributed by atoms with Gasteiger partial charge in [-0.25, -0.2) is 10.3 Å². The van der Waals surface area contributed by atoms with Crippen molar-refractivity contribution in [2.24, 2.45) is 0 Å². The molecule has 338 valence electrons. The SMILES string of the molecule is CNOCC(=O)NCCNC(=O)COCCOCCNC(=O)CCC(NC(=O)CCCCCCCCCCCCCCCCC(=O)OC(C)(C)C)C(=O)OC(C)(C)C. The number of hydrogen-bond donors (Lipinski definition) is 5. The molecule has 0 aromatic carbocycles. The molecule has 16 heteroatoms. The normalized spacial score (nSPS) is 12.1. The van der Waals surface area contributed by atoms with Crippen molar-refractivity contribution in [2.75, 3.05) is 59.7 Å². The average molecular weight is 830 g/mol. The Hall–Kier alpha value is -3.34. The minimum Gasteiger partial charge on any atom is -0.460 e. The quantitative estimate of drug-likeness (QED) is 0.0331. The number of carbonyl (C=O) groups excluding carboxylic acids is 6. The summed E-state index contributed by atoms with van der Waals surface area (Å²) in [5.74, 6) is -1.82. The summed E-state index contributed by atoms with van der Waals surface area (Å²) in [6.45, 7) is 12.1. The topological polar surface area (TPSA) is 209 Å². The summed E-state index contributed by atoms with van der Waals surface area (Å²) in [7, 11) is 1.55. The molecule has 0 radical (unpaired) electrons. The molecule has 0 spiro atoms. The van der Waals surface area contributed by atoms with Crippen LogP contribution in [0.25, 0.3) is 0 Å². The number of nitrogens with one attached hydrogen (secondary N) is 5. The van der Waals surface area contributed by atoms with Gasteiger partial charge in [0.15, 0.2) is 0 Å². The predicted octanol–water partition coefficient (Wildman–Crippen LogP) is 4.71. The minimum atomic E-state index is -0.927. The van der Waals surface area contributed by atoms with Crippen molar-refractivity contribution >= 4 is 35.6 Å². The summed E-state index contributed by atoms with van der Waals surface area (Å²) in [5, 5.41) is 10.7. The second-order valence-electron chi connectivity index (χ2n) is 16.4. The smallest absolute Gasteiger partial charge is 0.329 e. The number of unbranched alkanes of at least 4 members (excludes halogenated alkanes) is 13. The zero-order valence-electron chi connectivity index (χ0n) is 37.0. The van der Waals surface area contributed by atoms with E-state index in [1.165, 1.54) is 51.4 Å². The van der Waals surface area contributed by atoms with Crippen molar-refractivity contribution < 1.29 is 52.6 Å². The standard InChI is InChI=1S/C42H79N5O11/c1-41(2,3)57-39(52)23-21-19-17-15-13-11-9-8-10-12-14-16-18-20-22-36(49)47-34(40(53)58-42(4,5)6)24-25-35(48)46-28-29-54-30-31-55-32-37(50)44-26-27-45-38(51)33-56-43-7/h34,43H,8-33H2,1-7H3,(H,44,50)(H,45,51)(H,46,48)(H,47,49). The van der Waals surface area contributed by atoms with Crippen molar-refractivity contribution in [2.45, 2.75) is 174 Å². The van der Waals surface area contributed by atoms with Gasteiger partial charge < -0.3 is 40.2 Å². The van der Waals surface area contributed by atoms with Gasteiger partial charge in [-0.3, -0.25) is 28.8 Å². The number of amides is 4. The molecule has 0 saturated carbocycles. The molecule has 16 nitrogen and oxygen atoms in total. The summed E-state index contributed by atoms with van der Waals surface area (Å²) in [6.07, 6.45) is 16.7. The van der Waals surface area contributed by atoms with Crippen LogP contribution in [-0.4, -0.2) is 113 Å². The van der Waals surface area contributed by atoms with E-state index in [1.807, 2.05) is 20.8 Å². The van der Waals surface area contributed by atoms with Gasteiger partial charge in [-0.05, 0) is 60.8 Å². The van der Waals surface area contributed by atoms with Gasteiger partial charge in [-0.1, -0.05) is 77.0 Å². The number of hydrogen-bond acceptors (Lipinski definition) is 12. The highest BCUT2D eigenvalue weighted by atomic mass is 16.6. The van der Waals surface area contributed by atoms with Gasteiger partial charge in [-0.15, -0.1) is 0 Å². The Morgan fingerprint density at radius 1 is 0.483 bits per heavy atom. The summed E-state index contributed by atoms with van der Waals surface area (Å²) in [5.41, 5.74) is 1.25. The highest BCUT2D eigenvalue weighted by Crippen LogP contribution is 2.16. The van der Waals surface area contributed by atoms with Gasteiger partial charge >= 0.3 is 11.9 Å². The molecule has 0 aromatic rings. The molecule has 0 aromatic heterocycles. The first kappa shape index (κ1) is 54.7. The van der Waals surface area contributed by atoms with Crippen LogP contribution in [0.5, 0.6) is 0 Å². The molecule has 4 amide bonds. The Kier molecular flexibility index (Phi) is 32.5. The molecule has 5 N–H and O–H groups in total. The largest absolute Gasteiger partial charge is 0.460 e. The van der Waals surface area contributed by atoms with E-state index >= 15 is 0 Å². The molecule has 0 heterocycles. The summed E-state index contributed by atoms with van der Waals surface area (Å²) in [6, 6.07) is -0.927. The van der Waals surface area contributed by atoms with Crippen LogP contribution in [0.2, 0.25) is 0 Å². The second kappa shape index (κ2) is 34.5. The molecular weight excluding hydrogens is 750 g/mol. The van der Waals surface area contributed by atoms with Crippen LogP contribution in [0.4, 0.5) is 0 Å². The average Bonchev–Trinajstić information content (AvgIpc) is 3.13. The zero-order valence-corrected chi connectivity index (χ0v) is 37.0. The first-order valence-corrected chi connectivity index (χ1v) is 21.5. The third kappa shape index (κ3) is 38.2. The second-order valence-corrected chi connectivity index (χ2v) is 16.4. The van der Waals surface area contributed by atoms with E-state index in [0.29, 0.717) is 12.8 Å². The van der Waals surface area contributed by atoms with Crippen LogP contribution >= 0.6 is 0 Å². The highest BCUT2D eigenvalue weighted by molar-refractivity contribution is 5.85. The molecule has 0 aliphatic rings. The fourth-order valence-electron chi connectivity index (χ4n) is 5.61. The lowest BCUT2D eigenvalue weighted by atomic mass is 10.0. The van der Waals surface area contributed by atoms with Gasteiger partial charge in [0.2, 0.25) is 23.6 Å². The molecule has 1 atom stereocenters. The van der Waals surface area contributed by atoms with Crippen molar-refractivity contribution in [3.63, 3.8) is 0 Å². The van der Waals surface area contributed by atoms with Gasteiger partial charge in [-0.2, -0.15) is 0 Å². The minimum absolute atomic E-state index is 0.0210. The maximum atomic E-state index is 12.9. The Bertz CT molecular complexity index is 1140. The molecular formula is C42H79N5O11. The summed E-state index contributed by atoms with van der Waals surface area (Å²) >= 11 is 0. The van der Waals surface area contributed by atoms with Crippen LogP contribution < -0.4 is 26.7 Å². The van der Waals surface area contributed by atoms with Gasteiger partial charge in [0.25, 0.3) is 0 Å². The van der Waals surface area contributed by atoms with Crippen LogP contribution in [-0.2, 0) is 52.6 Å². The summed E-state index contributed by atoms with van der Waals surface area (Å²) < 4.78 is 21.6. The molecule has 0 saturated heterocycles. The Morgan fingerprint density at radius 3 is 1.47 bits per heavy atom. The zero-order chi connectivity index (χ0) is 43.5. The van der Waals surface area contributed by atoms with Crippen LogP contribution in [0.1, 0.15) is 157 Å². The number of carbonyl (C=O) groups is 6. The van der Waals surface area contributed by atoms with Crippen LogP contribution in [0, 0.1) is 0 Å². The third-order valence-corrected chi connectivity index (χ3v) is 8.43. The molecule has 58 heavy (non-hydrogen) atoms. The Morgan fingerprint density at radius 2 is 0.948 bits per heavy atom. The highest BCUT2D eigenvalue weighted by Gasteiger charge is 2.27. The Balaban J connectivity index is 4.03. The molecule has 0 bridgehead atoms. The lowest BCUT2D eigenvalue weighted by molar-refractivity contribution is -0.159. The molecule has 0 rings (SSSR count). The molecule has 0 fully saturated rings. The van der Waals surface area contributed by atoms with E-state index in [1.54, 1.807) is 27.8 Å². The van der Waals surface area contributed by atoms with Crippen molar-refractivity contribution in [3.8, 4) is 0 Å². The lowest BCUT2D eigenvalue weighted by Crippen LogP contribution is -2.44. The number of hydroxylamine groups is 1. The first-order valence-electron chi connectivity index (χ1n) is 21.5. The van der Waals surface area contributed by atoms with E-state index in [9.17, 15) is 28.8 Å². The van der Waals surface area contributed by atoms with Crippen molar-refractivity contribution in [1.29, 1.82) is 0 Å². The fraction of sp³-hybridized carbons (Fsp3) is 0.857. The van der Waals surface area contributed by atoms with Crippen molar-refractivity contribution in [1.82, 2.24) is 26.7 Å². The molecule has 0 aliphatic carbocycles. The van der Waals surface area contributed by atoms with Gasteiger partial charge in [0, 0.05) is 45.9 Å². The van der Waals surface area contributed by atoms with E-state index < -0.39 is 23.2 Å². The predicted molar refractivity (Wildman–Crippen MR) is 222 cm³/mol. The van der Waals surface area contributed by atoms with E-state index in [4.69, 9.17) is 23.8 Å². The van der Waals surface area contributed by atoms with Gasteiger partial charge in [0.05, 0.1) is 19.8 Å². The molecule has 0 aliphatic heterocycles. The number of esters is 2. The lowest BCUT2D eigenvalue weighted by Gasteiger charge is -2.24. The van der Waals surface area contributed by atoms with E-state index in [2.05, 4.69) is 26.7 Å². The van der Waals surface area contributed by atoms with Gasteiger partial charge in [0.1, 0.15) is 30.5 Å². The maximum absolute atomic E-state index is 12.9. The van der Waals surface area contributed by atoms with Crippen molar-refractivity contribution in [3.05, 3.63) is 0 Å². The number of ether oxygens (including phenoxy) is 4. The molecule has 1 unspecified atom stereocenters. The van der Waals surface area contributed by atoms with E-state index in [-0.39, 0.29) is 95.1 Å². The van der Waals surface area contributed by atoms with Crippen LogP contribution in [0.3, 0.4) is 0 Å². The number of rotatable bonds is 36. The monoisotopic (exact) mass is 830 g/mol. The third-order valence-electron chi connectivity index (χ3n) is 8.43. The first-order chi connectivity index (χ1) is 27.5. The maximum Gasteiger partial charge on any atom is 0.329 e. The fourth-order valence-corrected chi connectivity index (χ4v) is 5.61. The van der Waals surface area contributed by atoms with E-state index in [0.717, 1.165) is 38.5 Å². The van der Waals surface area contributed by atoms with Crippen LogP contribution in [0.15, 0.2) is 0 Å². The summed E-state index contributed by atoms with van der Waals surface area (Å²) in [4.78, 5) is 77.8. The Labute approximate surface area is 348 Å².